The van der Waals surface area contributed by atoms with Crippen molar-refractivity contribution in [2.45, 2.75) is 0 Å². The summed E-state index contributed by atoms with van der Waals surface area (Å²) in [6.45, 7) is 0. The van der Waals surface area contributed by atoms with E-state index in [1.807, 2.05) is 24.3 Å². The van der Waals surface area contributed by atoms with E-state index in [-0.39, 0.29) is 0 Å². The van der Waals surface area contributed by atoms with Gasteiger partial charge in [0.05, 0.1) is 33.4 Å². The van der Waals surface area contributed by atoms with Gasteiger partial charge in [0.25, 0.3) is 0 Å². The van der Waals surface area contributed by atoms with Crippen LogP contribution in [-0.4, -0.2) is 15.0 Å². The van der Waals surface area contributed by atoms with Gasteiger partial charge in [-0.15, -0.1) is 0 Å². The van der Waals surface area contributed by atoms with E-state index in [2.05, 4.69) is 188 Å². The van der Waals surface area contributed by atoms with Crippen molar-refractivity contribution in [1.29, 1.82) is 0 Å². The molecule has 0 aliphatic carbocycles. The third-order valence-electron chi connectivity index (χ3n) is 11.9. The Hall–Kier alpha value is -8.21. The number of pyridine rings is 1. The molecule has 0 fully saturated rings. The van der Waals surface area contributed by atoms with Crippen LogP contribution in [0.4, 0.5) is 0 Å². The third kappa shape index (κ3) is 5.96. The van der Waals surface area contributed by atoms with Crippen LogP contribution in [0.5, 0.6) is 0 Å². The molecule has 0 amide bonds. The topological polar surface area (TPSA) is 51.8 Å². The molecule has 0 spiro atoms. The molecule has 4 nitrogen and oxygen atoms in total. The number of hydrogen-bond donors (Lipinski definition) is 0. The second-order valence-electron chi connectivity index (χ2n) is 15.5. The van der Waals surface area contributed by atoms with Crippen LogP contribution in [-0.2, 0) is 0 Å². The largest absolute Gasteiger partial charge is 0.455 e. The quantitative estimate of drug-likeness (QED) is 0.158. The fourth-order valence-electron chi connectivity index (χ4n) is 8.93. The van der Waals surface area contributed by atoms with Gasteiger partial charge in [-0.3, -0.25) is 0 Å². The van der Waals surface area contributed by atoms with Gasteiger partial charge in [0.15, 0.2) is 5.82 Å². The van der Waals surface area contributed by atoms with Crippen molar-refractivity contribution >= 4 is 54.4 Å². The molecule has 0 unspecified atom stereocenters. The Balaban J connectivity index is 1.10. The zero-order chi connectivity index (χ0) is 40.3. The van der Waals surface area contributed by atoms with Gasteiger partial charge < -0.3 is 4.42 Å². The van der Waals surface area contributed by atoms with E-state index in [1.165, 1.54) is 21.7 Å². The zero-order valence-electron chi connectivity index (χ0n) is 33.0. The van der Waals surface area contributed by atoms with Crippen molar-refractivity contribution in [2.24, 2.45) is 0 Å². The number of fused-ring (bicyclic) bond motifs is 8. The molecule has 0 radical (unpaired) electrons. The van der Waals surface area contributed by atoms with Gasteiger partial charge in [-0.05, 0) is 68.1 Å². The summed E-state index contributed by atoms with van der Waals surface area (Å²) in [7, 11) is 0. The van der Waals surface area contributed by atoms with Crippen LogP contribution < -0.4 is 0 Å². The van der Waals surface area contributed by atoms with Crippen molar-refractivity contribution in [3.05, 3.63) is 212 Å². The van der Waals surface area contributed by atoms with Crippen LogP contribution in [0.15, 0.2) is 217 Å². The highest BCUT2D eigenvalue weighted by atomic mass is 16.3. The van der Waals surface area contributed by atoms with E-state index in [4.69, 9.17) is 19.4 Å². The first-order chi connectivity index (χ1) is 30.2. The zero-order valence-corrected chi connectivity index (χ0v) is 33.0. The molecule has 0 N–H and O–H groups in total. The molecule has 61 heavy (non-hydrogen) atoms. The van der Waals surface area contributed by atoms with Crippen LogP contribution in [0, 0.1) is 0 Å². The van der Waals surface area contributed by atoms with Crippen LogP contribution in [0.2, 0.25) is 0 Å². The Morgan fingerprint density at radius 3 is 1.61 bits per heavy atom. The van der Waals surface area contributed by atoms with Gasteiger partial charge >= 0.3 is 0 Å². The second-order valence-corrected chi connectivity index (χ2v) is 15.5. The number of benzene rings is 9. The van der Waals surface area contributed by atoms with Gasteiger partial charge in [-0.25, -0.2) is 15.0 Å². The van der Waals surface area contributed by atoms with Gasteiger partial charge in [0.1, 0.15) is 11.2 Å². The summed E-state index contributed by atoms with van der Waals surface area (Å²) in [4.78, 5) is 16.2. The lowest BCUT2D eigenvalue weighted by atomic mass is 9.92. The van der Waals surface area contributed by atoms with E-state index in [1.54, 1.807) is 0 Å². The number of nitrogens with zero attached hydrogens (tertiary/aromatic N) is 3. The van der Waals surface area contributed by atoms with E-state index in [0.717, 1.165) is 94.3 Å². The van der Waals surface area contributed by atoms with Crippen LogP contribution in [0.25, 0.3) is 122 Å². The molecule has 0 saturated carbocycles. The second kappa shape index (κ2) is 14.3. The first-order valence-corrected chi connectivity index (χ1v) is 20.6. The lowest BCUT2D eigenvalue weighted by molar-refractivity contribution is 0.672. The molecule has 0 saturated heterocycles. The fraction of sp³-hybridized carbons (Fsp3) is 0. The summed E-state index contributed by atoms with van der Waals surface area (Å²) in [5.41, 5.74) is 13.5. The van der Waals surface area contributed by atoms with Crippen molar-refractivity contribution in [2.75, 3.05) is 0 Å². The van der Waals surface area contributed by atoms with Crippen molar-refractivity contribution in [3.63, 3.8) is 0 Å². The highest BCUT2D eigenvalue weighted by molar-refractivity contribution is 6.24. The first kappa shape index (κ1) is 34.8. The Morgan fingerprint density at radius 1 is 0.328 bits per heavy atom. The van der Waals surface area contributed by atoms with Gasteiger partial charge in [0, 0.05) is 27.6 Å². The summed E-state index contributed by atoms with van der Waals surface area (Å²) in [5, 5.41) is 7.66. The lowest BCUT2D eigenvalue weighted by Crippen LogP contribution is -1.97. The Bertz CT molecular complexity index is 3510. The number of hydrogen-bond acceptors (Lipinski definition) is 4. The fourth-order valence-corrected chi connectivity index (χ4v) is 8.93. The molecular weight excluding hydrogens is 743 g/mol. The molecular formula is C57H35N3O. The maximum Gasteiger partial charge on any atom is 0.160 e. The minimum Gasteiger partial charge on any atom is -0.455 e. The highest BCUT2D eigenvalue weighted by Gasteiger charge is 2.23. The monoisotopic (exact) mass is 777 g/mol. The summed E-state index contributed by atoms with van der Waals surface area (Å²) in [6, 6.07) is 74.2. The third-order valence-corrected chi connectivity index (χ3v) is 11.9. The van der Waals surface area contributed by atoms with E-state index >= 15 is 0 Å². The predicted molar refractivity (Wildman–Crippen MR) is 252 cm³/mol. The minimum atomic E-state index is 0.643. The molecule has 0 atom stereocenters. The standard InChI is InChI=1S/C57H35N3O/c1-3-14-36(15-4-1)38-26-30-40(31-27-38)50-35-51(60-57(59-50)41-32-28-39(29-33-41)37-16-5-2-6-17-37)46-23-13-24-49-53(46)56-54(47-22-11-12-25-52(47)61-56)55(58-49)48-34-42-18-7-8-19-43(42)44-20-9-10-21-45(44)48/h1-35H. The van der Waals surface area contributed by atoms with Crippen molar-refractivity contribution in [3.8, 4) is 67.4 Å². The molecule has 9 aromatic carbocycles. The van der Waals surface area contributed by atoms with Gasteiger partial charge in [-0.2, -0.15) is 0 Å². The highest BCUT2D eigenvalue weighted by Crippen LogP contribution is 2.45. The molecule has 0 aliphatic heterocycles. The van der Waals surface area contributed by atoms with Crippen LogP contribution in [0.1, 0.15) is 0 Å². The van der Waals surface area contributed by atoms with Gasteiger partial charge in [-0.1, -0.05) is 188 Å². The molecule has 3 heterocycles. The Kier molecular flexibility index (Phi) is 8.13. The van der Waals surface area contributed by atoms with E-state index in [9.17, 15) is 0 Å². The Morgan fingerprint density at radius 2 is 0.885 bits per heavy atom. The number of aromatic nitrogens is 3. The van der Waals surface area contributed by atoms with E-state index in [0.29, 0.717) is 5.82 Å². The molecule has 3 aromatic heterocycles. The molecule has 0 bridgehead atoms. The SMILES string of the molecule is c1ccc(-c2ccc(-c3cc(-c4cccc5nc(-c6cc7ccccc7c7ccccc67)c6c7ccccc7oc6c45)nc(-c4ccc(-c5ccccc5)cc4)n3)cc2)cc1. The van der Waals surface area contributed by atoms with Crippen LogP contribution >= 0.6 is 0 Å². The first-order valence-electron chi connectivity index (χ1n) is 20.6. The van der Waals surface area contributed by atoms with Crippen LogP contribution in [0.3, 0.4) is 0 Å². The normalized spacial score (nSPS) is 11.6. The average Bonchev–Trinajstić information content (AvgIpc) is 3.74. The minimum absolute atomic E-state index is 0.643. The Labute approximate surface area is 352 Å². The molecule has 4 heteroatoms. The summed E-state index contributed by atoms with van der Waals surface area (Å²) >= 11 is 0. The number of para-hydroxylation sites is 1. The number of rotatable bonds is 6. The summed E-state index contributed by atoms with van der Waals surface area (Å²) in [5.74, 6) is 0.643. The molecule has 12 rings (SSSR count). The van der Waals surface area contributed by atoms with Crippen molar-refractivity contribution < 1.29 is 4.42 Å². The van der Waals surface area contributed by atoms with Gasteiger partial charge in [0.2, 0.25) is 0 Å². The molecule has 284 valence electrons. The lowest BCUT2D eigenvalue weighted by Gasteiger charge is -2.15. The smallest absolute Gasteiger partial charge is 0.160 e. The predicted octanol–water partition coefficient (Wildman–Crippen LogP) is 15.2. The molecule has 12 aromatic rings. The summed E-state index contributed by atoms with van der Waals surface area (Å²) < 4.78 is 6.95. The maximum atomic E-state index is 6.95. The molecule has 0 aliphatic rings. The van der Waals surface area contributed by atoms with Crippen molar-refractivity contribution in [1.82, 2.24) is 15.0 Å². The average molecular weight is 778 g/mol. The maximum absolute atomic E-state index is 6.95. The van der Waals surface area contributed by atoms with E-state index < -0.39 is 0 Å². The number of furan rings is 1. The summed E-state index contributed by atoms with van der Waals surface area (Å²) in [6.07, 6.45) is 0.